The van der Waals surface area contributed by atoms with E-state index in [9.17, 15) is 18.5 Å². The zero-order valence-electron chi connectivity index (χ0n) is 13.1. The first-order valence-electron chi connectivity index (χ1n) is 7.50. The van der Waals surface area contributed by atoms with Gasteiger partial charge in [-0.15, -0.1) is 12.4 Å². The van der Waals surface area contributed by atoms with Crippen LogP contribution in [0.4, 0.5) is 5.69 Å². The molecular weight excluding hydrogens is 358 g/mol. The van der Waals surface area contributed by atoms with Crippen molar-refractivity contribution in [3.8, 4) is 5.75 Å². The van der Waals surface area contributed by atoms with Crippen LogP contribution in [0.5, 0.6) is 5.75 Å². The van der Waals surface area contributed by atoms with Gasteiger partial charge >= 0.3 is 5.69 Å². The molecule has 134 valence electrons. The summed E-state index contributed by atoms with van der Waals surface area (Å²) in [5, 5.41) is 14.3. The van der Waals surface area contributed by atoms with E-state index in [-0.39, 0.29) is 34.8 Å². The zero-order chi connectivity index (χ0) is 16.6. The summed E-state index contributed by atoms with van der Waals surface area (Å²) in [7, 11) is -2.46. The van der Waals surface area contributed by atoms with Gasteiger partial charge in [0.1, 0.15) is 0 Å². The molecule has 0 saturated carbocycles. The smallest absolute Gasteiger partial charge is 0.310 e. The molecule has 1 aromatic rings. The first kappa shape index (κ1) is 18.9. The Hall–Kier alpha value is -1.42. The maximum atomic E-state index is 12.5. The van der Waals surface area contributed by atoms with Crippen molar-refractivity contribution in [2.45, 2.75) is 48.7 Å². The molecule has 10 heteroatoms. The largest absolute Gasteiger partial charge is 0.490 e. The van der Waals surface area contributed by atoms with E-state index in [1.54, 1.807) is 0 Å². The molecule has 2 N–H and O–H groups in total. The first-order valence-corrected chi connectivity index (χ1v) is 8.98. The highest BCUT2D eigenvalue weighted by atomic mass is 35.5. The zero-order valence-corrected chi connectivity index (χ0v) is 14.7. The van der Waals surface area contributed by atoms with Crippen LogP contribution in [-0.4, -0.2) is 38.6 Å². The van der Waals surface area contributed by atoms with Crippen molar-refractivity contribution in [1.29, 1.82) is 0 Å². The number of ether oxygens (including phenoxy) is 1. The Morgan fingerprint density at radius 3 is 2.46 bits per heavy atom. The average molecular weight is 378 g/mol. The van der Waals surface area contributed by atoms with Crippen molar-refractivity contribution in [2.24, 2.45) is 0 Å². The quantitative estimate of drug-likeness (QED) is 0.595. The van der Waals surface area contributed by atoms with Gasteiger partial charge in [-0.1, -0.05) is 0 Å². The van der Waals surface area contributed by atoms with E-state index >= 15 is 0 Å². The highest BCUT2D eigenvalue weighted by Gasteiger charge is 2.35. The predicted octanol–water partition coefficient (Wildman–Crippen LogP) is 1.59. The third kappa shape index (κ3) is 3.80. The molecule has 0 spiro atoms. The molecule has 8 nitrogen and oxygen atoms in total. The molecule has 0 amide bonds. The van der Waals surface area contributed by atoms with Gasteiger partial charge in [-0.2, -0.15) is 0 Å². The van der Waals surface area contributed by atoms with Crippen LogP contribution in [0.25, 0.3) is 0 Å². The summed E-state index contributed by atoms with van der Waals surface area (Å²) >= 11 is 0. The second-order valence-electron chi connectivity index (χ2n) is 6.02. The lowest BCUT2D eigenvalue weighted by Gasteiger charge is -2.29. The van der Waals surface area contributed by atoms with Crippen LogP contribution in [-0.2, 0) is 10.0 Å². The molecule has 0 aliphatic carbocycles. The fourth-order valence-electron chi connectivity index (χ4n) is 3.42. The van der Waals surface area contributed by atoms with Gasteiger partial charge in [-0.25, -0.2) is 13.1 Å². The Labute approximate surface area is 146 Å². The molecule has 2 fully saturated rings. The van der Waals surface area contributed by atoms with Gasteiger partial charge in [0.05, 0.1) is 16.9 Å². The van der Waals surface area contributed by atoms with Gasteiger partial charge in [0.2, 0.25) is 10.0 Å². The maximum absolute atomic E-state index is 12.5. The second-order valence-corrected chi connectivity index (χ2v) is 7.73. The Balaban J connectivity index is 0.00000208. The van der Waals surface area contributed by atoms with Crippen molar-refractivity contribution < 1.29 is 18.1 Å². The highest BCUT2D eigenvalue weighted by Crippen LogP contribution is 2.31. The lowest BCUT2D eigenvalue weighted by atomic mass is 10.0. The Morgan fingerprint density at radius 1 is 1.29 bits per heavy atom. The van der Waals surface area contributed by atoms with Crippen LogP contribution in [0.15, 0.2) is 23.1 Å². The number of hydrogen-bond donors (Lipinski definition) is 2. The van der Waals surface area contributed by atoms with E-state index in [0.29, 0.717) is 12.1 Å². The van der Waals surface area contributed by atoms with Gasteiger partial charge in [-0.05, 0) is 31.7 Å². The fraction of sp³-hybridized carbons (Fsp3) is 0.571. The summed E-state index contributed by atoms with van der Waals surface area (Å²) in [6.07, 6.45) is 3.68. The summed E-state index contributed by atoms with van der Waals surface area (Å²) in [6, 6.07) is 4.20. The van der Waals surface area contributed by atoms with Crippen LogP contribution < -0.4 is 14.8 Å². The summed E-state index contributed by atoms with van der Waals surface area (Å²) in [4.78, 5) is 10.3. The molecule has 3 rings (SSSR count). The number of nitro benzene ring substituents is 1. The van der Waals surface area contributed by atoms with Gasteiger partial charge in [0, 0.05) is 30.3 Å². The van der Waals surface area contributed by atoms with Crippen molar-refractivity contribution in [2.75, 3.05) is 7.11 Å². The molecule has 2 aliphatic rings. The minimum Gasteiger partial charge on any atom is -0.490 e. The molecule has 2 unspecified atom stereocenters. The average Bonchev–Trinajstić information content (AvgIpc) is 2.85. The highest BCUT2D eigenvalue weighted by molar-refractivity contribution is 7.89. The lowest BCUT2D eigenvalue weighted by molar-refractivity contribution is -0.385. The minimum absolute atomic E-state index is 0. The van der Waals surface area contributed by atoms with Gasteiger partial charge < -0.3 is 10.1 Å². The molecule has 0 radical (unpaired) electrons. The molecule has 0 aromatic heterocycles. The monoisotopic (exact) mass is 377 g/mol. The third-order valence-electron chi connectivity index (χ3n) is 4.45. The number of halogens is 1. The minimum atomic E-state index is -3.73. The number of rotatable bonds is 5. The summed E-state index contributed by atoms with van der Waals surface area (Å²) < 4.78 is 32.7. The molecule has 2 heterocycles. The standard InChI is InChI=1S/C14H19N3O5S.ClH/c1-22-14-8-12(4-5-13(14)17(18)19)23(20,21)16-11-6-9-2-3-10(7-11)15-9;/h4-5,8-11,15-16H,2-3,6-7H2,1H3;1H. The van der Waals surface area contributed by atoms with Gasteiger partial charge in [0.15, 0.2) is 5.75 Å². The number of nitro groups is 1. The Morgan fingerprint density at radius 2 is 1.92 bits per heavy atom. The molecule has 2 aliphatic heterocycles. The second kappa shape index (κ2) is 7.22. The van der Waals surface area contributed by atoms with Crippen molar-refractivity contribution in [3.05, 3.63) is 28.3 Å². The van der Waals surface area contributed by atoms with Crippen molar-refractivity contribution in [1.82, 2.24) is 10.0 Å². The molecule has 1 aromatic carbocycles. The topological polar surface area (TPSA) is 111 Å². The Bertz CT molecular complexity index is 715. The fourth-order valence-corrected chi connectivity index (χ4v) is 4.69. The molecule has 2 saturated heterocycles. The van der Waals surface area contributed by atoms with Crippen LogP contribution >= 0.6 is 12.4 Å². The van der Waals surface area contributed by atoms with E-state index in [1.807, 2.05) is 0 Å². The third-order valence-corrected chi connectivity index (χ3v) is 5.97. The number of fused-ring (bicyclic) bond motifs is 2. The van der Waals surface area contributed by atoms with Crippen LogP contribution in [0.1, 0.15) is 25.7 Å². The normalized spacial score (nSPS) is 25.8. The molecule has 24 heavy (non-hydrogen) atoms. The Kier molecular flexibility index (Phi) is 5.69. The van der Waals surface area contributed by atoms with Crippen LogP contribution in [0.3, 0.4) is 0 Å². The summed E-state index contributed by atoms with van der Waals surface area (Å²) in [5.41, 5.74) is -0.258. The van der Waals surface area contributed by atoms with E-state index < -0.39 is 14.9 Å². The van der Waals surface area contributed by atoms with Gasteiger partial charge in [0.25, 0.3) is 0 Å². The molecular formula is C14H20ClN3O5S. The number of benzene rings is 1. The number of hydrogen-bond acceptors (Lipinski definition) is 6. The summed E-state index contributed by atoms with van der Waals surface area (Å²) in [5.74, 6) is -0.0664. The first-order chi connectivity index (χ1) is 10.9. The van der Waals surface area contributed by atoms with Crippen LogP contribution in [0.2, 0.25) is 0 Å². The number of nitrogens with one attached hydrogen (secondary N) is 2. The van der Waals surface area contributed by atoms with Gasteiger partial charge in [-0.3, -0.25) is 10.1 Å². The van der Waals surface area contributed by atoms with E-state index in [2.05, 4.69) is 10.0 Å². The van der Waals surface area contributed by atoms with E-state index in [4.69, 9.17) is 4.74 Å². The van der Waals surface area contributed by atoms with E-state index in [0.717, 1.165) is 31.7 Å². The molecule has 2 atom stereocenters. The number of methoxy groups -OCH3 is 1. The van der Waals surface area contributed by atoms with E-state index in [1.165, 1.54) is 19.2 Å². The van der Waals surface area contributed by atoms with Crippen molar-refractivity contribution >= 4 is 28.1 Å². The SMILES string of the molecule is COc1cc(S(=O)(=O)NC2CC3CCC(C2)N3)ccc1[N+](=O)[O-].Cl. The number of nitrogens with zero attached hydrogens (tertiary/aromatic N) is 1. The van der Waals surface area contributed by atoms with Crippen LogP contribution in [0, 0.1) is 10.1 Å². The molecule has 2 bridgehead atoms. The number of sulfonamides is 1. The summed E-state index contributed by atoms with van der Waals surface area (Å²) in [6.45, 7) is 0. The predicted molar refractivity (Wildman–Crippen MR) is 90.2 cm³/mol. The number of piperidine rings is 1. The maximum Gasteiger partial charge on any atom is 0.310 e. The van der Waals surface area contributed by atoms with Crippen molar-refractivity contribution in [3.63, 3.8) is 0 Å². The lowest BCUT2D eigenvalue weighted by Crippen LogP contribution is -2.47.